The van der Waals surface area contributed by atoms with Crippen molar-refractivity contribution >= 4 is 17.7 Å². The zero-order valence-electron chi connectivity index (χ0n) is 10.1. The van der Waals surface area contributed by atoms with E-state index in [1.54, 1.807) is 11.8 Å². The van der Waals surface area contributed by atoms with E-state index in [1.807, 2.05) is 37.4 Å². The minimum Gasteiger partial charge on any atom is -0.465 e. The van der Waals surface area contributed by atoms with E-state index < -0.39 is 5.41 Å². The predicted octanol–water partition coefficient (Wildman–Crippen LogP) is 2.24. The molecule has 0 unspecified atom stereocenters. The van der Waals surface area contributed by atoms with Gasteiger partial charge in [0.05, 0.1) is 19.8 Å². The maximum atomic E-state index is 12.0. The second-order valence-corrected chi connectivity index (χ2v) is 4.90. The average Bonchev–Trinajstić information content (AvgIpc) is 2.29. The van der Waals surface area contributed by atoms with Gasteiger partial charge in [-0.15, -0.1) is 11.8 Å². The molecule has 0 aromatic heterocycles. The molecule has 3 nitrogen and oxygen atoms in total. The van der Waals surface area contributed by atoms with Crippen LogP contribution in [0.4, 0.5) is 0 Å². The van der Waals surface area contributed by atoms with E-state index in [0.717, 1.165) is 5.56 Å². The van der Waals surface area contributed by atoms with Crippen LogP contribution >= 0.6 is 11.8 Å². The lowest BCUT2D eigenvalue weighted by molar-refractivity contribution is -0.169. The van der Waals surface area contributed by atoms with E-state index in [9.17, 15) is 4.79 Å². The van der Waals surface area contributed by atoms with E-state index >= 15 is 0 Å². The third-order valence-electron chi connectivity index (χ3n) is 3.01. The molecule has 1 aliphatic heterocycles. The van der Waals surface area contributed by atoms with E-state index in [2.05, 4.69) is 0 Å². The van der Waals surface area contributed by atoms with Crippen LogP contribution in [-0.4, -0.2) is 32.0 Å². The Hall–Kier alpha value is -1.00. The third-order valence-corrected chi connectivity index (χ3v) is 3.75. The Bertz CT molecular complexity index is 396. The zero-order chi connectivity index (χ0) is 12.3. The summed E-state index contributed by atoms with van der Waals surface area (Å²) in [5.41, 5.74) is 0.410. The SMILES string of the molecule is CCOC(=O)C1(c2ccc(SC)cc2)COC1. The summed E-state index contributed by atoms with van der Waals surface area (Å²) >= 11 is 1.68. The first kappa shape index (κ1) is 12.5. The molecule has 2 rings (SSSR count). The molecule has 0 spiro atoms. The highest BCUT2D eigenvalue weighted by Crippen LogP contribution is 2.34. The van der Waals surface area contributed by atoms with E-state index in [4.69, 9.17) is 9.47 Å². The van der Waals surface area contributed by atoms with Gasteiger partial charge in [-0.2, -0.15) is 0 Å². The average molecular weight is 252 g/mol. The molecule has 0 saturated carbocycles. The Kier molecular flexibility index (Phi) is 3.74. The predicted molar refractivity (Wildman–Crippen MR) is 67.4 cm³/mol. The number of benzene rings is 1. The third kappa shape index (κ3) is 2.19. The smallest absolute Gasteiger partial charge is 0.321 e. The van der Waals surface area contributed by atoms with Crippen LogP contribution in [-0.2, 0) is 19.7 Å². The largest absolute Gasteiger partial charge is 0.465 e. The summed E-state index contributed by atoms with van der Waals surface area (Å²) in [7, 11) is 0. The van der Waals surface area contributed by atoms with Gasteiger partial charge in [-0.25, -0.2) is 0 Å². The van der Waals surface area contributed by atoms with E-state index in [0.29, 0.717) is 19.8 Å². The lowest BCUT2D eigenvalue weighted by Crippen LogP contribution is -2.53. The summed E-state index contributed by atoms with van der Waals surface area (Å²) in [5.74, 6) is -0.178. The second kappa shape index (κ2) is 5.10. The highest BCUT2D eigenvalue weighted by Gasteiger charge is 2.48. The van der Waals surface area contributed by atoms with Crippen molar-refractivity contribution in [2.24, 2.45) is 0 Å². The zero-order valence-corrected chi connectivity index (χ0v) is 10.9. The van der Waals surface area contributed by atoms with Crippen LogP contribution in [0.15, 0.2) is 29.2 Å². The molecule has 1 saturated heterocycles. The lowest BCUT2D eigenvalue weighted by Gasteiger charge is -2.39. The first-order valence-corrected chi connectivity index (χ1v) is 6.85. The van der Waals surface area contributed by atoms with Crippen molar-refractivity contribution in [3.05, 3.63) is 29.8 Å². The molecule has 0 N–H and O–H groups in total. The Balaban J connectivity index is 2.24. The van der Waals surface area contributed by atoms with Gasteiger partial charge in [0, 0.05) is 4.90 Å². The summed E-state index contributed by atoms with van der Waals surface area (Å²) in [4.78, 5) is 13.2. The van der Waals surface area contributed by atoms with Gasteiger partial charge in [-0.05, 0) is 30.9 Å². The Morgan fingerprint density at radius 1 is 1.41 bits per heavy atom. The van der Waals surface area contributed by atoms with Crippen LogP contribution in [0.3, 0.4) is 0 Å². The van der Waals surface area contributed by atoms with Crippen LogP contribution in [0.2, 0.25) is 0 Å². The van der Waals surface area contributed by atoms with Gasteiger partial charge in [0.2, 0.25) is 0 Å². The maximum Gasteiger partial charge on any atom is 0.321 e. The fraction of sp³-hybridized carbons (Fsp3) is 0.462. The number of carbonyl (C=O) groups excluding carboxylic acids is 1. The number of thioether (sulfide) groups is 1. The molecule has 0 aliphatic carbocycles. The van der Waals surface area contributed by atoms with Gasteiger partial charge in [-0.3, -0.25) is 4.79 Å². The fourth-order valence-electron chi connectivity index (χ4n) is 1.89. The fourth-order valence-corrected chi connectivity index (χ4v) is 2.30. The van der Waals surface area contributed by atoms with Crippen molar-refractivity contribution in [3.8, 4) is 0 Å². The quantitative estimate of drug-likeness (QED) is 0.608. The van der Waals surface area contributed by atoms with Crippen molar-refractivity contribution in [1.82, 2.24) is 0 Å². The van der Waals surface area contributed by atoms with Gasteiger partial charge in [0.15, 0.2) is 0 Å². The monoisotopic (exact) mass is 252 g/mol. The van der Waals surface area contributed by atoms with E-state index in [1.165, 1.54) is 4.90 Å². The lowest BCUT2D eigenvalue weighted by atomic mass is 9.79. The number of hydrogen-bond donors (Lipinski definition) is 0. The molecular weight excluding hydrogens is 236 g/mol. The van der Waals surface area contributed by atoms with Crippen molar-refractivity contribution < 1.29 is 14.3 Å². The Labute approximate surface area is 105 Å². The topological polar surface area (TPSA) is 35.5 Å². The minimum atomic E-state index is -0.576. The number of hydrogen-bond acceptors (Lipinski definition) is 4. The van der Waals surface area contributed by atoms with Gasteiger partial charge in [0.25, 0.3) is 0 Å². The molecule has 1 fully saturated rings. The molecule has 0 bridgehead atoms. The van der Waals surface area contributed by atoms with Gasteiger partial charge < -0.3 is 9.47 Å². The summed E-state index contributed by atoms with van der Waals surface area (Å²) < 4.78 is 10.3. The van der Waals surface area contributed by atoms with Crippen LogP contribution in [0, 0.1) is 0 Å². The summed E-state index contributed by atoms with van der Waals surface area (Å²) in [6.07, 6.45) is 2.03. The van der Waals surface area contributed by atoms with Gasteiger partial charge >= 0.3 is 5.97 Å². The molecule has 0 radical (unpaired) electrons. The molecule has 4 heteroatoms. The summed E-state index contributed by atoms with van der Waals surface area (Å²) in [6.45, 7) is 3.07. The molecule has 1 aliphatic rings. The normalized spacial score (nSPS) is 17.3. The van der Waals surface area contributed by atoms with Gasteiger partial charge in [-0.1, -0.05) is 12.1 Å². The first-order chi connectivity index (χ1) is 8.23. The molecule has 1 aromatic carbocycles. The van der Waals surface area contributed by atoms with Crippen molar-refractivity contribution in [1.29, 1.82) is 0 Å². The molecule has 92 valence electrons. The molecular formula is C13H16O3S. The highest BCUT2D eigenvalue weighted by molar-refractivity contribution is 7.98. The molecule has 1 heterocycles. The minimum absolute atomic E-state index is 0.178. The van der Waals surface area contributed by atoms with Crippen LogP contribution in [0.25, 0.3) is 0 Å². The number of ether oxygens (including phenoxy) is 2. The number of carbonyl (C=O) groups is 1. The van der Waals surface area contributed by atoms with Gasteiger partial charge in [0.1, 0.15) is 5.41 Å². The summed E-state index contributed by atoms with van der Waals surface area (Å²) in [5, 5.41) is 0. The van der Waals surface area contributed by atoms with Crippen LogP contribution in [0.1, 0.15) is 12.5 Å². The molecule has 0 amide bonds. The Morgan fingerprint density at radius 2 is 2.06 bits per heavy atom. The molecule has 0 atom stereocenters. The van der Waals surface area contributed by atoms with Crippen molar-refractivity contribution in [2.45, 2.75) is 17.2 Å². The standard InChI is InChI=1S/C13H16O3S/c1-3-16-12(14)13(8-15-9-13)10-4-6-11(17-2)7-5-10/h4-7H,3,8-9H2,1-2H3. The number of rotatable bonds is 4. The second-order valence-electron chi connectivity index (χ2n) is 4.02. The molecule has 17 heavy (non-hydrogen) atoms. The van der Waals surface area contributed by atoms with Crippen LogP contribution in [0.5, 0.6) is 0 Å². The first-order valence-electron chi connectivity index (χ1n) is 5.62. The maximum absolute atomic E-state index is 12.0. The highest BCUT2D eigenvalue weighted by atomic mass is 32.2. The number of esters is 1. The van der Waals surface area contributed by atoms with Crippen molar-refractivity contribution in [3.63, 3.8) is 0 Å². The summed E-state index contributed by atoms with van der Waals surface area (Å²) in [6, 6.07) is 8.04. The molecule has 1 aromatic rings. The van der Waals surface area contributed by atoms with Crippen molar-refractivity contribution in [2.75, 3.05) is 26.1 Å². The van der Waals surface area contributed by atoms with Crippen LogP contribution < -0.4 is 0 Å². The Morgan fingerprint density at radius 3 is 2.47 bits per heavy atom. The van der Waals surface area contributed by atoms with E-state index in [-0.39, 0.29) is 5.97 Å².